The van der Waals surface area contributed by atoms with Crippen LogP contribution >= 0.6 is 27.5 Å². The van der Waals surface area contributed by atoms with Crippen molar-refractivity contribution in [1.82, 2.24) is 20.2 Å². The fourth-order valence-corrected chi connectivity index (χ4v) is 2.95. The maximum Gasteiger partial charge on any atom is 0.317 e. The van der Waals surface area contributed by atoms with Gasteiger partial charge in [-0.25, -0.2) is 14.8 Å². The van der Waals surface area contributed by atoms with Crippen molar-refractivity contribution in [2.45, 2.75) is 25.5 Å². The summed E-state index contributed by atoms with van der Waals surface area (Å²) in [5, 5.41) is 3.61. The molecule has 2 heterocycles. The van der Waals surface area contributed by atoms with E-state index in [1.807, 2.05) is 24.3 Å². The van der Waals surface area contributed by atoms with Gasteiger partial charge in [0.25, 0.3) is 0 Å². The van der Waals surface area contributed by atoms with Crippen LogP contribution in [-0.4, -0.2) is 40.1 Å². The summed E-state index contributed by atoms with van der Waals surface area (Å²) in [5.74, 6) is 0. The first-order valence-corrected chi connectivity index (χ1v) is 9.18. The van der Waals surface area contributed by atoms with Crippen LogP contribution in [0.1, 0.15) is 18.4 Å². The average molecular weight is 426 g/mol. The zero-order valence-corrected chi connectivity index (χ0v) is 15.8. The van der Waals surface area contributed by atoms with E-state index in [2.05, 4.69) is 31.2 Å². The summed E-state index contributed by atoms with van der Waals surface area (Å²) in [4.78, 5) is 22.4. The molecule has 2 aromatic rings. The average Bonchev–Trinajstić information content (AvgIpc) is 2.63. The van der Waals surface area contributed by atoms with Crippen LogP contribution in [0, 0.1) is 0 Å². The van der Waals surface area contributed by atoms with Gasteiger partial charge in [-0.3, -0.25) is 0 Å². The first-order chi connectivity index (χ1) is 12.1. The van der Waals surface area contributed by atoms with E-state index in [4.69, 9.17) is 16.3 Å². The molecular weight excluding hydrogens is 408 g/mol. The van der Waals surface area contributed by atoms with Crippen LogP contribution in [0.25, 0.3) is 0 Å². The maximum absolute atomic E-state index is 12.4. The van der Waals surface area contributed by atoms with Gasteiger partial charge in [-0.2, -0.15) is 0 Å². The van der Waals surface area contributed by atoms with E-state index in [9.17, 15) is 4.79 Å². The van der Waals surface area contributed by atoms with E-state index >= 15 is 0 Å². The lowest BCUT2D eigenvalue weighted by Gasteiger charge is -2.32. The number of amides is 2. The lowest BCUT2D eigenvalue weighted by molar-refractivity contribution is 0.0937. The minimum Gasteiger partial charge on any atom is -0.458 e. The number of urea groups is 1. The van der Waals surface area contributed by atoms with Gasteiger partial charge >= 0.3 is 12.0 Å². The lowest BCUT2D eigenvalue weighted by Crippen LogP contribution is -2.48. The van der Waals surface area contributed by atoms with Crippen LogP contribution in [0.2, 0.25) is 5.02 Å². The molecule has 0 bridgehead atoms. The van der Waals surface area contributed by atoms with Gasteiger partial charge in [0.1, 0.15) is 6.10 Å². The molecule has 1 N–H and O–H groups in total. The number of nitrogens with one attached hydrogen (secondary N) is 1. The first-order valence-electron chi connectivity index (χ1n) is 8.01. The Labute approximate surface area is 159 Å². The summed E-state index contributed by atoms with van der Waals surface area (Å²) in [6.07, 6.45) is 4.94. The molecule has 25 heavy (non-hydrogen) atoms. The van der Waals surface area contributed by atoms with Gasteiger partial charge in [-0.15, -0.1) is 0 Å². The molecule has 1 unspecified atom stereocenters. The van der Waals surface area contributed by atoms with Crippen molar-refractivity contribution in [3.05, 3.63) is 51.7 Å². The molecule has 1 aromatic heterocycles. The van der Waals surface area contributed by atoms with Gasteiger partial charge in [-0.1, -0.05) is 23.7 Å². The topological polar surface area (TPSA) is 67.4 Å². The Morgan fingerprint density at radius 1 is 1.32 bits per heavy atom. The molecule has 0 spiro atoms. The number of ether oxygens (including phenoxy) is 1. The number of rotatable bonds is 4. The third-order valence-corrected chi connectivity index (χ3v) is 4.55. The van der Waals surface area contributed by atoms with Crippen molar-refractivity contribution in [3.8, 4) is 6.01 Å². The zero-order valence-electron chi connectivity index (χ0n) is 13.5. The quantitative estimate of drug-likeness (QED) is 0.812. The van der Waals surface area contributed by atoms with Gasteiger partial charge < -0.3 is 15.0 Å². The third kappa shape index (κ3) is 5.31. The fraction of sp³-hybridized carbons (Fsp3) is 0.353. The van der Waals surface area contributed by atoms with Crippen molar-refractivity contribution in [2.75, 3.05) is 13.1 Å². The number of carbonyl (C=O) groups is 1. The highest BCUT2D eigenvalue weighted by atomic mass is 79.9. The number of likely N-dealkylation sites (tertiary alicyclic amines) is 1. The molecule has 0 radical (unpaired) electrons. The minimum absolute atomic E-state index is 0.0972. The number of aromatic nitrogens is 2. The highest BCUT2D eigenvalue weighted by Crippen LogP contribution is 2.17. The molecular formula is C17H18BrClN4O2. The van der Waals surface area contributed by atoms with Gasteiger partial charge in [-0.05, 0) is 46.5 Å². The molecule has 6 nitrogen and oxygen atoms in total. The summed E-state index contributed by atoms with van der Waals surface area (Å²) in [5.41, 5.74) is 1.01. The van der Waals surface area contributed by atoms with E-state index in [-0.39, 0.29) is 12.1 Å². The third-order valence-electron chi connectivity index (χ3n) is 3.89. The predicted octanol–water partition coefficient (Wildman–Crippen LogP) is 3.65. The number of carbonyl (C=O) groups excluding carboxylic acids is 1. The fourth-order valence-electron chi connectivity index (χ4n) is 2.62. The summed E-state index contributed by atoms with van der Waals surface area (Å²) in [6, 6.07) is 7.65. The van der Waals surface area contributed by atoms with E-state index in [0.29, 0.717) is 30.7 Å². The van der Waals surface area contributed by atoms with Crippen molar-refractivity contribution in [1.29, 1.82) is 0 Å². The number of hydrogen-bond donors (Lipinski definition) is 1. The van der Waals surface area contributed by atoms with Crippen molar-refractivity contribution < 1.29 is 9.53 Å². The highest BCUT2D eigenvalue weighted by Gasteiger charge is 2.25. The van der Waals surface area contributed by atoms with Crippen LogP contribution in [0.4, 0.5) is 4.79 Å². The molecule has 1 atom stereocenters. The van der Waals surface area contributed by atoms with Crippen LogP contribution in [0.5, 0.6) is 6.01 Å². The molecule has 1 fully saturated rings. The van der Waals surface area contributed by atoms with Crippen LogP contribution in [0.15, 0.2) is 41.1 Å². The first kappa shape index (κ1) is 17.9. The normalized spacial score (nSPS) is 17.2. The largest absolute Gasteiger partial charge is 0.458 e. The second-order valence-corrected chi connectivity index (χ2v) is 7.15. The second-order valence-electron chi connectivity index (χ2n) is 5.80. The lowest BCUT2D eigenvalue weighted by atomic mass is 10.1. The Morgan fingerprint density at radius 3 is 2.76 bits per heavy atom. The Bertz CT molecular complexity index is 712. The minimum atomic E-state index is -0.101. The van der Waals surface area contributed by atoms with Gasteiger partial charge in [0.05, 0.1) is 11.0 Å². The molecule has 0 aliphatic carbocycles. The number of benzene rings is 1. The van der Waals surface area contributed by atoms with Crippen molar-refractivity contribution in [3.63, 3.8) is 0 Å². The summed E-state index contributed by atoms with van der Waals surface area (Å²) < 4.78 is 6.59. The number of hydrogen-bond acceptors (Lipinski definition) is 4. The number of nitrogens with zero attached hydrogens (tertiary/aromatic N) is 3. The molecule has 1 aliphatic heterocycles. The van der Waals surface area contributed by atoms with Crippen molar-refractivity contribution >= 4 is 33.6 Å². The standard InChI is InChI=1S/C17H18BrClN4O2/c18-13-9-20-16(21-10-13)25-15-2-1-7-23(11-15)17(24)22-8-12-3-5-14(19)6-4-12/h3-6,9-10,15H,1-2,7-8,11H2,(H,22,24). The van der Waals surface area contributed by atoms with Crippen LogP contribution < -0.4 is 10.1 Å². The Kier molecular flexibility index (Phi) is 6.09. The molecule has 1 saturated heterocycles. The van der Waals surface area contributed by atoms with E-state index in [1.54, 1.807) is 17.3 Å². The Balaban J connectivity index is 1.50. The van der Waals surface area contributed by atoms with E-state index in [0.717, 1.165) is 22.9 Å². The van der Waals surface area contributed by atoms with Gasteiger partial charge in [0.2, 0.25) is 0 Å². The summed E-state index contributed by atoms with van der Waals surface area (Å²) >= 11 is 9.16. The maximum atomic E-state index is 12.4. The van der Waals surface area contributed by atoms with Crippen LogP contribution in [-0.2, 0) is 6.54 Å². The van der Waals surface area contributed by atoms with Crippen molar-refractivity contribution in [2.24, 2.45) is 0 Å². The molecule has 8 heteroatoms. The highest BCUT2D eigenvalue weighted by molar-refractivity contribution is 9.10. The predicted molar refractivity (Wildman–Crippen MR) is 98.6 cm³/mol. The molecule has 1 aliphatic rings. The van der Waals surface area contributed by atoms with Gasteiger partial charge in [0, 0.05) is 30.5 Å². The van der Waals surface area contributed by atoms with E-state index in [1.165, 1.54) is 0 Å². The molecule has 1 aromatic carbocycles. The molecule has 132 valence electrons. The smallest absolute Gasteiger partial charge is 0.317 e. The van der Waals surface area contributed by atoms with E-state index < -0.39 is 0 Å². The summed E-state index contributed by atoms with van der Waals surface area (Å²) in [7, 11) is 0. The monoisotopic (exact) mass is 424 g/mol. The zero-order chi connectivity index (χ0) is 17.6. The van der Waals surface area contributed by atoms with Gasteiger partial charge in [0.15, 0.2) is 0 Å². The Morgan fingerprint density at radius 2 is 2.04 bits per heavy atom. The number of halogens is 2. The Hall–Kier alpha value is -1.86. The molecule has 3 rings (SSSR count). The SMILES string of the molecule is O=C(NCc1ccc(Cl)cc1)N1CCCC(Oc2ncc(Br)cn2)C1. The van der Waals surface area contributed by atoms with Crippen LogP contribution in [0.3, 0.4) is 0 Å². The second kappa shape index (κ2) is 8.49. The molecule has 2 amide bonds. The number of piperidine rings is 1. The summed E-state index contributed by atoms with van der Waals surface area (Å²) in [6.45, 7) is 1.70. The molecule has 0 saturated carbocycles.